The van der Waals surface area contributed by atoms with E-state index in [9.17, 15) is 0 Å². The first-order chi connectivity index (χ1) is 9.33. The summed E-state index contributed by atoms with van der Waals surface area (Å²) >= 11 is 6.54. The van der Waals surface area contributed by atoms with Gasteiger partial charge in [-0.3, -0.25) is 10.3 Å². The van der Waals surface area contributed by atoms with Gasteiger partial charge in [-0.05, 0) is 36.1 Å². The fraction of sp³-hybridized carbons (Fsp3) is 0.438. The zero-order valence-electron chi connectivity index (χ0n) is 10.8. The van der Waals surface area contributed by atoms with Crippen LogP contribution in [-0.4, -0.2) is 11.5 Å². The van der Waals surface area contributed by atoms with Crippen molar-refractivity contribution >= 4 is 17.7 Å². The molecule has 0 saturated heterocycles. The van der Waals surface area contributed by atoms with Gasteiger partial charge < -0.3 is 0 Å². The van der Waals surface area contributed by atoms with Crippen LogP contribution in [0, 0.1) is 5.92 Å². The van der Waals surface area contributed by atoms with Crippen LogP contribution >= 0.6 is 11.6 Å². The number of nitrogens with zero attached hydrogens (tertiary/aromatic N) is 1. The third-order valence-electron chi connectivity index (χ3n) is 4.47. The molecule has 1 aromatic carbocycles. The largest absolute Gasteiger partial charge is 0.294 e. The van der Waals surface area contributed by atoms with E-state index in [0.717, 1.165) is 5.36 Å². The summed E-state index contributed by atoms with van der Waals surface area (Å²) in [5, 5.41) is 5.87. The van der Waals surface area contributed by atoms with Crippen molar-refractivity contribution in [2.45, 2.75) is 37.2 Å². The molecule has 0 aromatic heterocycles. The Labute approximate surface area is 117 Å². The van der Waals surface area contributed by atoms with Gasteiger partial charge in [-0.1, -0.05) is 30.7 Å². The highest BCUT2D eigenvalue weighted by Crippen LogP contribution is 2.37. The molecule has 1 N–H and O–H groups in total. The third kappa shape index (κ3) is 1.86. The number of rotatable bonds is 0. The maximum Gasteiger partial charge on any atom is 0.0950 e. The van der Waals surface area contributed by atoms with Gasteiger partial charge in [0.15, 0.2) is 0 Å². The van der Waals surface area contributed by atoms with E-state index in [1.54, 1.807) is 0 Å². The van der Waals surface area contributed by atoms with Gasteiger partial charge in [-0.2, -0.15) is 0 Å². The maximum atomic E-state index is 6.54. The Balaban J connectivity index is 1.94. The quantitative estimate of drug-likeness (QED) is 0.568. The maximum absolute atomic E-state index is 6.54. The van der Waals surface area contributed by atoms with E-state index in [2.05, 4.69) is 35.7 Å². The van der Waals surface area contributed by atoms with Crippen LogP contribution in [0.4, 0.5) is 0 Å². The first-order valence-electron chi connectivity index (χ1n) is 7.11. The molecule has 3 heteroatoms. The number of alkyl halides is 1. The molecule has 4 rings (SSSR count). The standard InChI is InChI=1S/C16H17ClN2/c17-16-12-9-10-5-1-3-7-13(10)18-15(12)11-6-2-4-8-14(11)19-16/h1,3,5,7,9,12,14,16,19H,2,4,6,8H2. The predicted molar refractivity (Wildman–Crippen MR) is 77.2 cm³/mol. The van der Waals surface area contributed by atoms with Gasteiger partial charge >= 0.3 is 0 Å². The number of nitrogens with one attached hydrogen (secondary N) is 1. The van der Waals surface area contributed by atoms with Gasteiger partial charge in [0.2, 0.25) is 0 Å². The first kappa shape index (κ1) is 11.7. The number of hydrogen-bond acceptors (Lipinski definition) is 2. The van der Waals surface area contributed by atoms with E-state index in [-0.39, 0.29) is 11.4 Å². The second-order valence-electron chi connectivity index (χ2n) is 5.64. The predicted octanol–water partition coefficient (Wildman–Crippen LogP) is 2.08. The summed E-state index contributed by atoms with van der Waals surface area (Å²) in [4.78, 5) is 4.93. The Morgan fingerprint density at radius 2 is 2.11 bits per heavy atom. The first-order valence-corrected chi connectivity index (χ1v) is 7.55. The third-order valence-corrected chi connectivity index (χ3v) is 4.86. The Hall–Kier alpha value is -1.12. The molecule has 1 fully saturated rings. The van der Waals surface area contributed by atoms with Crippen LogP contribution in [0.15, 0.2) is 40.5 Å². The molecule has 1 aromatic rings. The number of fused-ring (bicyclic) bond motifs is 3. The van der Waals surface area contributed by atoms with Crippen LogP contribution in [0.3, 0.4) is 0 Å². The lowest BCUT2D eigenvalue weighted by Crippen LogP contribution is -2.49. The highest BCUT2D eigenvalue weighted by Gasteiger charge is 2.36. The molecule has 98 valence electrons. The molecule has 2 nitrogen and oxygen atoms in total. The van der Waals surface area contributed by atoms with E-state index in [1.807, 2.05) is 0 Å². The van der Waals surface area contributed by atoms with Gasteiger partial charge in [0, 0.05) is 12.0 Å². The smallest absolute Gasteiger partial charge is 0.0950 e. The Kier molecular flexibility index (Phi) is 2.75. The van der Waals surface area contributed by atoms with Crippen molar-refractivity contribution in [3.8, 4) is 0 Å². The summed E-state index contributed by atoms with van der Waals surface area (Å²) in [6.45, 7) is 0. The van der Waals surface area contributed by atoms with Gasteiger partial charge in [0.25, 0.3) is 0 Å². The minimum absolute atomic E-state index is 0.0287. The lowest BCUT2D eigenvalue weighted by Gasteiger charge is -2.39. The molecule has 3 atom stereocenters. The van der Waals surface area contributed by atoms with E-state index < -0.39 is 0 Å². The average molecular weight is 273 g/mol. The van der Waals surface area contributed by atoms with Gasteiger partial charge in [-0.15, -0.1) is 11.6 Å². The number of hydrogen-bond donors (Lipinski definition) is 1. The monoisotopic (exact) mass is 272 g/mol. The van der Waals surface area contributed by atoms with Crippen molar-refractivity contribution in [2.75, 3.05) is 0 Å². The fourth-order valence-electron chi connectivity index (χ4n) is 3.51. The minimum atomic E-state index is -0.0287. The van der Waals surface area contributed by atoms with Crippen LogP contribution in [0.5, 0.6) is 0 Å². The normalized spacial score (nSPS) is 32.6. The summed E-state index contributed by atoms with van der Waals surface area (Å²) in [5.41, 5.74) is 2.71. The van der Waals surface area contributed by atoms with Crippen LogP contribution in [0.2, 0.25) is 0 Å². The number of benzene rings is 1. The van der Waals surface area contributed by atoms with Crippen molar-refractivity contribution < 1.29 is 0 Å². The molecular weight excluding hydrogens is 256 g/mol. The number of halogens is 1. The highest BCUT2D eigenvalue weighted by atomic mass is 35.5. The van der Waals surface area contributed by atoms with Gasteiger partial charge in [0.1, 0.15) is 0 Å². The fourth-order valence-corrected chi connectivity index (χ4v) is 3.86. The zero-order chi connectivity index (χ0) is 12.8. The summed E-state index contributed by atoms with van der Waals surface area (Å²) in [5.74, 6) is 0.223. The molecule has 2 heterocycles. The Bertz CT molecular complexity index is 662. The van der Waals surface area contributed by atoms with Crippen LogP contribution < -0.4 is 15.9 Å². The molecule has 1 aliphatic carbocycles. The van der Waals surface area contributed by atoms with Crippen molar-refractivity contribution in [3.05, 3.63) is 46.1 Å². The summed E-state index contributed by atoms with van der Waals surface area (Å²) in [7, 11) is 0. The Morgan fingerprint density at radius 3 is 3.05 bits per heavy atom. The zero-order valence-corrected chi connectivity index (χ0v) is 11.5. The average Bonchev–Trinajstić information content (AvgIpc) is 2.46. The van der Waals surface area contributed by atoms with E-state index >= 15 is 0 Å². The number of para-hydroxylation sites is 1. The van der Waals surface area contributed by atoms with Crippen molar-refractivity contribution in [1.29, 1.82) is 0 Å². The second kappa shape index (κ2) is 4.46. The van der Waals surface area contributed by atoms with Crippen molar-refractivity contribution in [1.82, 2.24) is 5.32 Å². The molecule has 2 aliphatic heterocycles. The molecule has 3 unspecified atom stereocenters. The second-order valence-corrected chi connectivity index (χ2v) is 6.11. The molecule has 0 amide bonds. The highest BCUT2D eigenvalue weighted by molar-refractivity contribution is 6.21. The topological polar surface area (TPSA) is 24.4 Å². The lowest BCUT2D eigenvalue weighted by molar-refractivity contribution is 0.388. The summed E-state index contributed by atoms with van der Waals surface area (Å²) < 4.78 is 0. The molecule has 19 heavy (non-hydrogen) atoms. The molecule has 1 saturated carbocycles. The van der Waals surface area contributed by atoms with Crippen LogP contribution in [0.1, 0.15) is 25.7 Å². The molecule has 0 bridgehead atoms. The van der Waals surface area contributed by atoms with Crippen LogP contribution in [0.25, 0.3) is 6.08 Å². The Morgan fingerprint density at radius 1 is 1.21 bits per heavy atom. The van der Waals surface area contributed by atoms with Gasteiger partial charge in [0.05, 0.1) is 16.6 Å². The molecule has 0 radical (unpaired) electrons. The molecule has 0 spiro atoms. The van der Waals surface area contributed by atoms with Crippen molar-refractivity contribution in [2.24, 2.45) is 10.9 Å². The lowest BCUT2D eigenvalue weighted by atomic mass is 9.81. The van der Waals surface area contributed by atoms with E-state index in [4.69, 9.17) is 16.6 Å². The van der Waals surface area contributed by atoms with Crippen molar-refractivity contribution in [3.63, 3.8) is 0 Å². The van der Waals surface area contributed by atoms with E-state index in [0.29, 0.717) is 6.04 Å². The molecular formula is C16H17ClN2. The van der Waals surface area contributed by atoms with Gasteiger partial charge in [-0.25, -0.2) is 0 Å². The van der Waals surface area contributed by atoms with Crippen LogP contribution in [-0.2, 0) is 0 Å². The minimum Gasteiger partial charge on any atom is -0.294 e. The summed E-state index contributed by atoms with van der Waals surface area (Å²) in [6, 6.07) is 8.78. The molecule has 3 aliphatic rings. The van der Waals surface area contributed by atoms with E-state index in [1.165, 1.54) is 42.2 Å². The summed E-state index contributed by atoms with van der Waals surface area (Å²) in [6.07, 6.45) is 7.23. The SMILES string of the molecule is ClC1NC2CCCCC2=C2N=c3ccccc3=CC21.